The Labute approximate surface area is 147 Å². The highest BCUT2D eigenvalue weighted by Crippen LogP contribution is 2.19. The summed E-state index contributed by atoms with van der Waals surface area (Å²) in [6.07, 6.45) is 2.47. The number of carbonyl (C=O) groups excluding carboxylic acids is 1. The molecule has 3 rings (SSSR count). The Bertz CT molecular complexity index is 794. The standard InChI is InChI=1S/C19H21N5O/c1-13(2)18-21-9-7-17(23-18)22-16-8-10-24(19(16)25)12-15-5-3-14(11-20)4-6-15/h3-7,9,13,16H,8,10,12H2,1-2H3,(H,21,22,23). The third-order valence-corrected chi connectivity index (χ3v) is 4.27. The molecular formula is C19H21N5O. The van der Waals surface area contributed by atoms with Crippen molar-refractivity contribution in [2.24, 2.45) is 0 Å². The van der Waals surface area contributed by atoms with Gasteiger partial charge in [-0.1, -0.05) is 26.0 Å². The molecule has 1 aliphatic heterocycles. The molecule has 2 aromatic rings. The third-order valence-electron chi connectivity index (χ3n) is 4.27. The minimum Gasteiger partial charge on any atom is -0.358 e. The largest absolute Gasteiger partial charge is 0.358 e. The van der Waals surface area contributed by atoms with E-state index in [9.17, 15) is 4.79 Å². The summed E-state index contributed by atoms with van der Waals surface area (Å²) in [5, 5.41) is 12.1. The van der Waals surface area contributed by atoms with Crippen molar-refractivity contribution in [2.75, 3.05) is 11.9 Å². The van der Waals surface area contributed by atoms with Crippen LogP contribution in [0.4, 0.5) is 5.82 Å². The van der Waals surface area contributed by atoms with Crippen molar-refractivity contribution in [3.05, 3.63) is 53.5 Å². The summed E-state index contributed by atoms with van der Waals surface area (Å²) in [6, 6.07) is 11.0. The zero-order valence-corrected chi connectivity index (χ0v) is 14.4. The summed E-state index contributed by atoms with van der Waals surface area (Å²) < 4.78 is 0. The quantitative estimate of drug-likeness (QED) is 0.908. The van der Waals surface area contributed by atoms with E-state index >= 15 is 0 Å². The molecule has 0 saturated carbocycles. The van der Waals surface area contributed by atoms with Crippen LogP contribution in [0, 0.1) is 11.3 Å². The number of nitrogens with one attached hydrogen (secondary N) is 1. The molecule has 6 heteroatoms. The Morgan fingerprint density at radius 1 is 1.32 bits per heavy atom. The summed E-state index contributed by atoms with van der Waals surface area (Å²) in [7, 11) is 0. The summed E-state index contributed by atoms with van der Waals surface area (Å²) in [6.45, 7) is 5.35. The highest BCUT2D eigenvalue weighted by atomic mass is 16.2. The first-order valence-electron chi connectivity index (χ1n) is 8.44. The van der Waals surface area contributed by atoms with Gasteiger partial charge in [-0.05, 0) is 30.2 Å². The third kappa shape index (κ3) is 3.94. The first-order chi connectivity index (χ1) is 12.1. The van der Waals surface area contributed by atoms with Crippen LogP contribution in [0.1, 0.15) is 43.1 Å². The molecule has 0 spiro atoms. The van der Waals surface area contributed by atoms with E-state index in [0.717, 1.165) is 17.8 Å². The molecule has 1 N–H and O–H groups in total. The highest BCUT2D eigenvalue weighted by Gasteiger charge is 2.31. The minimum atomic E-state index is -0.256. The molecule has 0 radical (unpaired) electrons. The Kier molecular flexibility index (Phi) is 4.94. The minimum absolute atomic E-state index is 0.0778. The van der Waals surface area contributed by atoms with Crippen LogP contribution in [-0.4, -0.2) is 33.4 Å². The van der Waals surface area contributed by atoms with Crippen molar-refractivity contribution in [1.82, 2.24) is 14.9 Å². The van der Waals surface area contributed by atoms with Crippen LogP contribution in [0.15, 0.2) is 36.5 Å². The maximum atomic E-state index is 12.6. The lowest BCUT2D eigenvalue weighted by Crippen LogP contribution is -2.33. The second-order valence-corrected chi connectivity index (χ2v) is 6.51. The Morgan fingerprint density at radius 3 is 2.76 bits per heavy atom. The number of anilines is 1. The van der Waals surface area contributed by atoms with E-state index in [4.69, 9.17) is 5.26 Å². The second kappa shape index (κ2) is 7.31. The normalized spacial score (nSPS) is 17.0. The topological polar surface area (TPSA) is 81.9 Å². The molecule has 1 aliphatic rings. The van der Waals surface area contributed by atoms with E-state index in [1.165, 1.54) is 0 Å². The zero-order valence-electron chi connectivity index (χ0n) is 14.4. The van der Waals surface area contributed by atoms with Crippen LogP contribution in [0.25, 0.3) is 0 Å². The highest BCUT2D eigenvalue weighted by molar-refractivity contribution is 5.86. The molecule has 0 bridgehead atoms. The van der Waals surface area contributed by atoms with Crippen LogP contribution >= 0.6 is 0 Å². The molecule has 1 aromatic carbocycles. The molecular weight excluding hydrogens is 314 g/mol. The molecule has 0 aliphatic carbocycles. The van der Waals surface area contributed by atoms with Crippen LogP contribution in [0.3, 0.4) is 0 Å². The van der Waals surface area contributed by atoms with Crippen molar-refractivity contribution >= 4 is 11.7 Å². The van der Waals surface area contributed by atoms with Gasteiger partial charge in [0.05, 0.1) is 11.6 Å². The molecule has 6 nitrogen and oxygen atoms in total. The monoisotopic (exact) mass is 335 g/mol. The van der Waals surface area contributed by atoms with Gasteiger partial charge in [0.1, 0.15) is 17.7 Å². The predicted molar refractivity (Wildman–Crippen MR) is 94.7 cm³/mol. The smallest absolute Gasteiger partial charge is 0.245 e. The predicted octanol–water partition coefficient (Wildman–Crippen LogP) is 2.68. The van der Waals surface area contributed by atoms with Gasteiger partial charge < -0.3 is 10.2 Å². The number of amides is 1. The first-order valence-corrected chi connectivity index (χ1v) is 8.44. The second-order valence-electron chi connectivity index (χ2n) is 6.51. The van der Waals surface area contributed by atoms with Crippen molar-refractivity contribution < 1.29 is 4.79 Å². The van der Waals surface area contributed by atoms with E-state index < -0.39 is 0 Å². The maximum absolute atomic E-state index is 12.6. The fourth-order valence-electron chi connectivity index (χ4n) is 2.85. The molecule has 1 fully saturated rings. The molecule has 2 heterocycles. The molecule has 1 atom stereocenters. The van der Waals surface area contributed by atoms with E-state index in [1.54, 1.807) is 24.4 Å². The van der Waals surface area contributed by atoms with E-state index in [-0.39, 0.29) is 17.9 Å². The molecule has 25 heavy (non-hydrogen) atoms. The average molecular weight is 335 g/mol. The lowest BCUT2D eigenvalue weighted by molar-refractivity contribution is -0.128. The van der Waals surface area contributed by atoms with Crippen molar-refractivity contribution in [3.63, 3.8) is 0 Å². The van der Waals surface area contributed by atoms with Crippen molar-refractivity contribution in [1.29, 1.82) is 5.26 Å². The molecule has 1 unspecified atom stereocenters. The molecule has 1 aromatic heterocycles. The lowest BCUT2D eigenvalue weighted by atomic mass is 10.1. The average Bonchev–Trinajstić information content (AvgIpc) is 2.96. The SMILES string of the molecule is CC(C)c1nccc(NC2CCN(Cc3ccc(C#N)cc3)C2=O)n1. The fraction of sp³-hybridized carbons (Fsp3) is 0.368. The summed E-state index contributed by atoms with van der Waals surface area (Å²) in [4.78, 5) is 23.2. The maximum Gasteiger partial charge on any atom is 0.245 e. The number of hydrogen-bond acceptors (Lipinski definition) is 5. The number of rotatable bonds is 5. The van der Waals surface area contributed by atoms with Gasteiger partial charge in [-0.25, -0.2) is 9.97 Å². The number of hydrogen-bond donors (Lipinski definition) is 1. The van der Waals surface area contributed by atoms with Gasteiger partial charge in [-0.3, -0.25) is 4.79 Å². The Hall–Kier alpha value is -2.94. The van der Waals surface area contributed by atoms with Gasteiger partial charge in [0.15, 0.2) is 0 Å². The summed E-state index contributed by atoms with van der Waals surface area (Å²) in [5.41, 5.74) is 1.65. The van der Waals surface area contributed by atoms with Gasteiger partial charge in [-0.2, -0.15) is 5.26 Å². The number of nitriles is 1. The number of benzene rings is 1. The van der Waals surface area contributed by atoms with Crippen LogP contribution < -0.4 is 5.32 Å². The number of nitrogens with zero attached hydrogens (tertiary/aromatic N) is 4. The van der Waals surface area contributed by atoms with Crippen LogP contribution in [0.2, 0.25) is 0 Å². The Morgan fingerprint density at radius 2 is 2.08 bits per heavy atom. The van der Waals surface area contributed by atoms with Gasteiger partial charge in [0.2, 0.25) is 5.91 Å². The van der Waals surface area contributed by atoms with E-state index in [2.05, 4.69) is 21.4 Å². The van der Waals surface area contributed by atoms with Crippen molar-refractivity contribution in [3.8, 4) is 6.07 Å². The Balaban J connectivity index is 1.63. The lowest BCUT2D eigenvalue weighted by Gasteiger charge is -2.18. The molecule has 128 valence electrons. The van der Waals surface area contributed by atoms with Crippen LogP contribution in [0.5, 0.6) is 0 Å². The van der Waals surface area contributed by atoms with Gasteiger partial charge in [-0.15, -0.1) is 0 Å². The van der Waals surface area contributed by atoms with E-state index in [1.807, 2.05) is 30.9 Å². The van der Waals surface area contributed by atoms with E-state index in [0.29, 0.717) is 24.5 Å². The van der Waals surface area contributed by atoms with Gasteiger partial charge in [0.25, 0.3) is 0 Å². The zero-order chi connectivity index (χ0) is 17.8. The van der Waals surface area contributed by atoms with Gasteiger partial charge >= 0.3 is 0 Å². The number of carbonyl (C=O) groups is 1. The molecule has 1 saturated heterocycles. The number of aromatic nitrogens is 2. The molecule has 1 amide bonds. The summed E-state index contributed by atoms with van der Waals surface area (Å²) in [5.74, 6) is 1.78. The van der Waals surface area contributed by atoms with Crippen LogP contribution in [-0.2, 0) is 11.3 Å². The first kappa shape index (κ1) is 16.9. The van der Waals surface area contributed by atoms with Crippen molar-refractivity contribution in [2.45, 2.75) is 38.8 Å². The summed E-state index contributed by atoms with van der Waals surface area (Å²) >= 11 is 0. The fourth-order valence-corrected chi connectivity index (χ4v) is 2.85. The van der Waals surface area contributed by atoms with Gasteiger partial charge in [0, 0.05) is 25.2 Å². The number of likely N-dealkylation sites (tertiary alicyclic amines) is 1.